The molecule has 4 nitrogen and oxygen atoms in total. The first-order valence-electron chi connectivity index (χ1n) is 6.55. The number of methoxy groups -OCH3 is 1. The molecule has 102 valence electrons. The fourth-order valence-corrected chi connectivity index (χ4v) is 2.18. The molecule has 0 amide bonds. The summed E-state index contributed by atoms with van der Waals surface area (Å²) in [6.45, 7) is 8.09. The van der Waals surface area contributed by atoms with E-state index in [-0.39, 0.29) is 0 Å². The van der Waals surface area contributed by atoms with Gasteiger partial charge >= 0.3 is 0 Å². The summed E-state index contributed by atoms with van der Waals surface area (Å²) in [6.07, 6.45) is 1.81. The zero-order valence-electron chi connectivity index (χ0n) is 12.2. The number of aryl methyl sites for hydroxylation is 2. The third-order valence-corrected chi connectivity index (χ3v) is 3.10. The quantitative estimate of drug-likeness (QED) is 0.801. The van der Waals surface area contributed by atoms with Crippen molar-refractivity contribution >= 4 is 0 Å². The van der Waals surface area contributed by atoms with Crippen molar-refractivity contribution in [2.24, 2.45) is 5.92 Å². The molecule has 1 N–H and O–H groups in total. The van der Waals surface area contributed by atoms with Crippen LogP contribution in [0.15, 0.2) is 0 Å². The average Bonchev–Trinajstić information content (AvgIpc) is 2.31. The zero-order valence-corrected chi connectivity index (χ0v) is 12.2. The number of ether oxygens (including phenoxy) is 1. The van der Waals surface area contributed by atoms with Gasteiger partial charge in [0.05, 0.1) is 6.61 Å². The van der Waals surface area contributed by atoms with E-state index >= 15 is 0 Å². The lowest BCUT2D eigenvalue weighted by molar-refractivity contribution is 0.200. The minimum absolute atomic E-state index is 0.598. The molecule has 0 aliphatic carbocycles. The van der Waals surface area contributed by atoms with Crippen LogP contribution in [0.4, 0.5) is 0 Å². The Kier molecular flexibility index (Phi) is 6.22. The Morgan fingerprint density at radius 1 is 1.22 bits per heavy atom. The first-order chi connectivity index (χ1) is 8.58. The number of rotatable bonds is 7. The van der Waals surface area contributed by atoms with E-state index < -0.39 is 0 Å². The first kappa shape index (κ1) is 15.1. The van der Waals surface area contributed by atoms with E-state index in [9.17, 15) is 0 Å². The van der Waals surface area contributed by atoms with Crippen LogP contribution in [-0.4, -0.2) is 37.3 Å². The van der Waals surface area contributed by atoms with E-state index in [1.165, 1.54) is 5.56 Å². The molecule has 0 fully saturated rings. The second-order valence-corrected chi connectivity index (χ2v) is 4.90. The lowest BCUT2D eigenvalue weighted by Gasteiger charge is -2.15. The fourth-order valence-electron chi connectivity index (χ4n) is 2.18. The van der Waals surface area contributed by atoms with Gasteiger partial charge in [-0.3, -0.25) is 0 Å². The molecule has 0 saturated carbocycles. The summed E-state index contributed by atoms with van der Waals surface area (Å²) in [5.41, 5.74) is 3.51. The molecule has 0 aliphatic heterocycles. The molecule has 1 heterocycles. The van der Waals surface area contributed by atoms with Gasteiger partial charge in [-0.25, -0.2) is 9.97 Å². The van der Waals surface area contributed by atoms with Crippen LogP contribution >= 0.6 is 0 Å². The standard InChI is InChI=1S/C14H25N3O/c1-10(9-15-4)8-13-11(2)16-14(6-7-18-5)17-12(13)3/h10,15H,6-9H2,1-5H3. The predicted molar refractivity (Wildman–Crippen MR) is 73.9 cm³/mol. The van der Waals surface area contributed by atoms with Crippen LogP contribution in [0.3, 0.4) is 0 Å². The second-order valence-electron chi connectivity index (χ2n) is 4.90. The highest BCUT2D eigenvalue weighted by molar-refractivity contribution is 5.25. The first-order valence-corrected chi connectivity index (χ1v) is 6.55. The molecule has 1 atom stereocenters. The van der Waals surface area contributed by atoms with Crippen LogP contribution in [0, 0.1) is 19.8 Å². The van der Waals surface area contributed by atoms with E-state index in [0.717, 1.165) is 36.6 Å². The van der Waals surface area contributed by atoms with Crippen LogP contribution in [0.5, 0.6) is 0 Å². The van der Waals surface area contributed by atoms with Crippen molar-refractivity contribution < 1.29 is 4.74 Å². The summed E-state index contributed by atoms with van der Waals surface area (Å²) in [5.74, 6) is 1.48. The normalized spacial score (nSPS) is 12.7. The van der Waals surface area contributed by atoms with Crippen LogP contribution in [0.1, 0.15) is 29.7 Å². The summed E-state index contributed by atoms with van der Waals surface area (Å²) in [5, 5.41) is 3.21. The molecule has 1 rings (SSSR count). The Bertz CT molecular complexity index is 356. The summed E-state index contributed by atoms with van der Waals surface area (Å²) in [4.78, 5) is 9.15. The van der Waals surface area contributed by atoms with Crippen molar-refractivity contribution in [1.29, 1.82) is 0 Å². The molecule has 1 aromatic heterocycles. The third kappa shape index (κ3) is 4.35. The zero-order chi connectivity index (χ0) is 13.5. The molecule has 18 heavy (non-hydrogen) atoms. The Balaban J connectivity index is 2.80. The molecular weight excluding hydrogens is 226 g/mol. The van der Waals surface area contributed by atoms with Gasteiger partial charge in [-0.1, -0.05) is 6.92 Å². The third-order valence-electron chi connectivity index (χ3n) is 3.10. The van der Waals surface area contributed by atoms with E-state index in [1.807, 2.05) is 7.05 Å². The molecule has 0 saturated heterocycles. The minimum atomic E-state index is 0.598. The number of nitrogens with one attached hydrogen (secondary N) is 1. The van der Waals surface area contributed by atoms with Gasteiger partial charge in [0, 0.05) is 24.9 Å². The number of nitrogens with zero attached hydrogens (tertiary/aromatic N) is 2. The predicted octanol–water partition coefficient (Wildman–Crippen LogP) is 1.68. The van der Waals surface area contributed by atoms with E-state index in [2.05, 4.69) is 36.1 Å². The summed E-state index contributed by atoms with van der Waals surface area (Å²) in [7, 11) is 3.69. The van der Waals surface area contributed by atoms with Crippen molar-refractivity contribution in [3.05, 3.63) is 22.8 Å². The van der Waals surface area contributed by atoms with Gasteiger partial charge in [0.25, 0.3) is 0 Å². The van der Waals surface area contributed by atoms with E-state index in [0.29, 0.717) is 12.5 Å². The minimum Gasteiger partial charge on any atom is -0.384 e. The van der Waals surface area contributed by atoms with Crippen LogP contribution < -0.4 is 5.32 Å². The fraction of sp³-hybridized carbons (Fsp3) is 0.714. The van der Waals surface area contributed by atoms with E-state index in [1.54, 1.807) is 7.11 Å². The van der Waals surface area contributed by atoms with Gasteiger partial charge in [0.2, 0.25) is 0 Å². The lowest BCUT2D eigenvalue weighted by atomic mass is 9.98. The van der Waals surface area contributed by atoms with Gasteiger partial charge in [0.1, 0.15) is 5.82 Å². The van der Waals surface area contributed by atoms with Gasteiger partial charge in [-0.15, -0.1) is 0 Å². The largest absolute Gasteiger partial charge is 0.384 e. The molecule has 1 aromatic rings. The maximum Gasteiger partial charge on any atom is 0.131 e. The molecule has 0 bridgehead atoms. The molecule has 4 heteroatoms. The molecular formula is C14H25N3O. The Labute approximate surface area is 110 Å². The molecule has 1 unspecified atom stereocenters. The van der Waals surface area contributed by atoms with Crippen molar-refractivity contribution in [3.63, 3.8) is 0 Å². The lowest BCUT2D eigenvalue weighted by Crippen LogP contribution is -2.19. The average molecular weight is 251 g/mol. The Hall–Kier alpha value is -1.00. The molecule has 0 spiro atoms. The highest BCUT2D eigenvalue weighted by Gasteiger charge is 2.11. The Morgan fingerprint density at radius 2 is 1.83 bits per heavy atom. The number of hydrogen-bond acceptors (Lipinski definition) is 4. The number of aromatic nitrogens is 2. The van der Waals surface area contributed by atoms with Crippen LogP contribution in [0.25, 0.3) is 0 Å². The summed E-state index contributed by atoms with van der Waals surface area (Å²) in [6, 6.07) is 0. The molecule has 0 radical (unpaired) electrons. The highest BCUT2D eigenvalue weighted by Crippen LogP contribution is 2.15. The van der Waals surface area contributed by atoms with Gasteiger partial charge in [-0.2, -0.15) is 0 Å². The van der Waals surface area contributed by atoms with Crippen molar-refractivity contribution in [2.75, 3.05) is 27.3 Å². The Morgan fingerprint density at radius 3 is 2.33 bits per heavy atom. The van der Waals surface area contributed by atoms with Gasteiger partial charge in [-0.05, 0) is 45.3 Å². The summed E-state index contributed by atoms with van der Waals surface area (Å²) < 4.78 is 5.06. The number of hydrogen-bond donors (Lipinski definition) is 1. The molecule has 0 aromatic carbocycles. The summed E-state index contributed by atoms with van der Waals surface area (Å²) >= 11 is 0. The topological polar surface area (TPSA) is 47.0 Å². The maximum atomic E-state index is 5.06. The molecule has 0 aliphatic rings. The van der Waals surface area contributed by atoms with Crippen molar-refractivity contribution in [3.8, 4) is 0 Å². The SMILES string of the molecule is CNCC(C)Cc1c(C)nc(CCOC)nc1C. The highest BCUT2D eigenvalue weighted by atomic mass is 16.5. The van der Waals surface area contributed by atoms with Gasteiger partial charge in [0.15, 0.2) is 0 Å². The van der Waals surface area contributed by atoms with Gasteiger partial charge < -0.3 is 10.1 Å². The van der Waals surface area contributed by atoms with E-state index in [4.69, 9.17) is 4.74 Å². The smallest absolute Gasteiger partial charge is 0.131 e. The van der Waals surface area contributed by atoms with Crippen LogP contribution in [-0.2, 0) is 17.6 Å². The van der Waals surface area contributed by atoms with Crippen molar-refractivity contribution in [2.45, 2.75) is 33.6 Å². The van der Waals surface area contributed by atoms with Crippen molar-refractivity contribution in [1.82, 2.24) is 15.3 Å². The van der Waals surface area contributed by atoms with Crippen LogP contribution in [0.2, 0.25) is 0 Å². The monoisotopic (exact) mass is 251 g/mol. The second kappa shape index (κ2) is 7.44. The maximum absolute atomic E-state index is 5.06.